The molecule has 0 amide bonds. The maximum atomic E-state index is 13.0. The molecule has 21 heavy (non-hydrogen) atoms. The molecule has 0 bridgehead atoms. The van der Waals surface area contributed by atoms with Crippen LogP contribution in [-0.2, 0) is 21.4 Å². The number of hydrogen-bond donors (Lipinski definition) is 2. The van der Waals surface area contributed by atoms with Gasteiger partial charge in [-0.05, 0) is 47.0 Å². The molecule has 7 heteroatoms. The largest absolute Gasteiger partial charge is 0.384 e. The van der Waals surface area contributed by atoms with Crippen LogP contribution >= 0.6 is 11.3 Å². The second-order valence-electron chi connectivity index (χ2n) is 5.00. The Balaban J connectivity index is 2.02. The van der Waals surface area contributed by atoms with Gasteiger partial charge in [0.05, 0.1) is 5.75 Å². The van der Waals surface area contributed by atoms with Crippen molar-refractivity contribution < 1.29 is 17.9 Å². The molecule has 4 nitrogen and oxygen atoms in total. The van der Waals surface area contributed by atoms with Crippen molar-refractivity contribution >= 4 is 21.4 Å². The molecule has 0 aliphatic heterocycles. The van der Waals surface area contributed by atoms with Gasteiger partial charge >= 0.3 is 0 Å². The number of thiophene rings is 1. The zero-order valence-corrected chi connectivity index (χ0v) is 13.0. The van der Waals surface area contributed by atoms with Crippen molar-refractivity contribution in [2.45, 2.75) is 18.3 Å². The molecule has 1 aromatic carbocycles. The Hall–Kier alpha value is -1.28. The number of hydrogen-bond acceptors (Lipinski definition) is 4. The number of rotatable bonds is 6. The van der Waals surface area contributed by atoms with Crippen molar-refractivity contribution in [1.29, 1.82) is 0 Å². The van der Waals surface area contributed by atoms with Crippen LogP contribution in [0.1, 0.15) is 18.1 Å². The minimum absolute atomic E-state index is 0.138. The first-order valence-electron chi connectivity index (χ1n) is 6.25. The van der Waals surface area contributed by atoms with E-state index in [0.29, 0.717) is 11.1 Å². The molecule has 1 atom stereocenters. The number of benzene rings is 1. The zero-order valence-electron chi connectivity index (χ0n) is 11.4. The van der Waals surface area contributed by atoms with Crippen molar-refractivity contribution in [2.75, 3.05) is 6.54 Å². The Kier molecular flexibility index (Phi) is 4.77. The molecule has 1 aromatic heterocycles. The van der Waals surface area contributed by atoms with Crippen LogP contribution in [-0.4, -0.2) is 20.1 Å². The van der Waals surface area contributed by atoms with E-state index in [4.69, 9.17) is 0 Å². The van der Waals surface area contributed by atoms with Gasteiger partial charge in [0, 0.05) is 6.54 Å². The standard InChI is InChI=1S/C14H16FNO3S2/c1-14(17,12-5-6-20-8-12)10-16-21(18,19)9-11-3-2-4-13(15)7-11/h2-8,16-17H,9-10H2,1H3/t14-/m0/s1. The van der Waals surface area contributed by atoms with Crippen LogP contribution < -0.4 is 4.72 Å². The van der Waals surface area contributed by atoms with Crippen LogP contribution in [0.4, 0.5) is 4.39 Å². The predicted octanol–water partition coefficient (Wildman–Crippen LogP) is 2.21. The van der Waals surface area contributed by atoms with Crippen molar-refractivity contribution in [2.24, 2.45) is 0 Å². The van der Waals surface area contributed by atoms with Crippen molar-refractivity contribution in [3.05, 3.63) is 58.0 Å². The van der Waals surface area contributed by atoms with E-state index >= 15 is 0 Å². The average Bonchev–Trinajstić information content (AvgIpc) is 2.91. The summed E-state index contributed by atoms with van der Waals surface area (Å²) in [6, 6.07) is 7.17. The molecule has 2 aromatic rings. The van der Waals surface area contributed by atoms with Gasteiger partial charge in [-0.3, -0.25) is 0 Å². The molecule has 0 fully saturated rings. The smallest absolute Gasteiger partial charge is 0.215 e. The van der Waals surface area contributed by atoms with E-state index in [0.717, 1.165) is 0 Å². The number of sulfonamides is 1. The third kappa shape index (κ3) is 4.60. The summed E-state index contributed by atoms with van der Waals surface area (Å²) in [5.41, 5.74) is -0.270. The van der Waals surface area contributed by atoms with Crippen molar-refractivity contribution in [1.82, 2.24) is 4.72 Å². The first-order valence-corrected chi connectivity index (χ1v) is 8.85. The first-order chi connectivity index (χ1) is 9.78. The Morgan fingerprint density at radius 3 is 2.76 bits per heavy atom. The summed E-state index contributed by atoms with van der Waals surface area (Å²) in [7, 11) is -3.65. The van der Waals surface area contributed by atoms with Crippen LogP contribution in [0.25, 0.3) is 0 Å². The second kappa shape index (κ2) is 6.23. The SMILES string of the molecule is C[C@](O)(CNS(=O)(=O)Cc1cccc(F)c1)c1ccsc1. The highest BCUT2D eigenvalue weighted by atomic mass is 32.2. The lowest BCUT2D eigenvalue weighted by molar-refractivity contribution is 0.0632. The van der Waals surface area contributed by atoms with Crippen LogP contribution in [0.2, 0.25) is 0 Å². The summed E-state index contributed by atoms with van der Waals surface area (Å²) in [5, 5.41) is 13.8. The number of halogens is 1. The van der Waals surface area contributed by atoms with Crippen LogP contribution in [0.15, 0.2) is 41.1 Å². The predicted molar refractivity (Wildman–Crippen MR) is 80.9 cm³/mol. The topological polar surface area (TPSA) is 66.4 Å². The Morgan fingerprint density at radius 2 is 2.14 bits per heavy atom. The Labute approximate surface area is 127 Å². The fourth-order valence-electron chi connectivity index (χ4n) is 1.82. The number of nitrogens with one attached hydrogen (secondary N) is 1. The van der Waals surface area contributed by atoms with Gasteiger partial charge in [0.1, 0.15) is 11.4 Å². The monoisotopic (exact) mass is 329 g/mol. The maximum absolute atomic E-state index is 13.0. The lowest BCUT2D eigenvalue weighted by Crippen LogP contribution is -2.38. The molecular formula is C14H16FNO3S2. The summed E-state index contributed by atoms with van der Waals surface area (Å²) in [4.78, 5) is 0. The van der Waals surface area contributed by atoms with E-state index < -0.39 is 21.4 Å². The highest BCUT2D eigenvalue weighted by molar-refractivity contribution is 7.88. The van der Waals surface area contributed by atoms with Crippen LogP contribution in [0, 0.1) is 5.82 Å². The number of aliphatic hydroxyl groups is 1. The van der Waals surface area contributed by atoms with Crippen molar-refractivity contribution in [3.63, 3.8) is 0 Å². The normalized spacial score (nSPS) is 14.8. The highest BCUT2D eigenvalue weighted by Crippen LogP contribution is 2.22. The molecule has 0 unspecified atom stereocenters. The van der Waals surface area contributed by atoms with Gasteiger partial charge in [0.25, 0.3) is 0 Å². The molecule has 0 aliphatic rings. The third-order valence-electron chi connectivity index (χ3n) is 3.03. The maximum Gasteiger partial charge on any atom is 0.215 e. The lowest BCUT2D eigenvalue weighted by atomic mass is 10.0. The Morgan fingerprint density at radius 1 is 1.38 bits per heavy atom. The summed E-state index contributed by atoms with van der Waals surface area (Å²) >= 11 is 1.43. The fraction of sp³-hybridized carbons (Fsp3) is 0.286. The highest BCUT2D eigenvalue weighted by Gasteiger charge is 2.26. The molecule has 0 saturated carbocycles. The summed E-state index contributed by atoms with van der Waals surface area (Å²) in [6.45, 7) is 1.40. The van der Waals surface area contributed by atoms with E-state index in [2.05, 4.69) is 4.72 Å². The second-order valence-corrected chi connectivity index (χ2v) is 7.58. The molecule has 2 N–H and O–H groups in total. The summed E-state index contributed by atoms with van der Waals surface area (Å²) in [6.07, 6.45) is 0. The van der Waals surface area contributed by atoms with E-state index in [1.54, 1.807) is 24.4 Å². The quantitative estimate of drug-likeness (QED) is 0.854. The summed E-state index contributed by atoms with van der Waals surface area (Å²) < 4.78 is 39.4. The molecular weight excluding hydrogens is 313 g/mol. The molecule has 1 heterocycles. The van der Waals surface area contributed by atoms with Gasteiger partial charge in [0.2, 0.25) is 10.0 Å². The van der Waals surface area contributed by atoms with E-state index in [1.165, 1.54) is 29.5 Å². The first kappa shape index (κ1) is 16.1. The molecule has 0 spiro atoms. The van der Waals surface area contributed by atoms with E-state index in [-0.39, 0.29) is 12.3 Å². The van der Waals surface area contributed by atoms with Crippen LogP contribution in [0.3, 0.4) is 0 Å². The minimum atomic E-state index is -3.65. The molecule has 0 saturated heterocycles. The average molecular weight is 329 g/mol. The van der Waals surface area contributed by atoms with E-state index in [9.17, 15) is 17.9 Å². The van der Waals surface area contributed by atoms with Gasteiger partial charge in [-0.25, -0.2) is 17.5 Å². The molecule has 0 radical (unpaired) electrons. The lowest BCUT2D eigenvalue weighted by Gasteiger charge is -2.22. The molecule has 2 rings (SSSR count). The van der Waals surface area contributed by atoms with E-state index in [1.807, 2.05) is 5.38 Å². The zero-order chi connectivity index (χ0) is 15.5. The third-order valence-corrected chi connectivity index (χ3v) is 5.01. The van der Waals surface area contributed by atoms with Gasteiger partial charge in [-0.15, -0.1) is 0 Å². The molecule has 114 valence electrons. The fourth-order valence-corrected chi connectivity index (χ4v) is 3.82. The Bertz CT molecular complexity index is 697. The minimum Gasteiger partial charge on any atom is -0.384 e. The van der Waals surface area contributed by atoms with Gasteiger partial charge in [-0.2, -0.15) is 11.3 Å². The van der Waals surface area contributed by atoms with Gasteiger partial charge < -0.3 is 5.11 Å². The van der Waals surface area contributed by atoms with Crippen molar-refractivity contribution in [3.8, 4) is 0 Å². The van der Waals surface area contributed by atoms with Crippen LogP contribution in [0.5, 0.6) is 0 Å². The summed E-state index contributed by atoms with van der Waals surface area (Å²) in [5.74, 6) is -0.808. The van der Waals surface area contributed by atoms with Gasteiger partial charge in [0.15, 0.2) is 0 Å². The molecule has 0 aliphatic carbocycles. The van der Waals surface area contributed by atoms with Gasteiger partial charge in [-0.1, -0.05) is 12.1 Å².